The maximum absolute atomic E-state index is 12.0. The van der Waals surface area contributed by atoms with E-state index in [0.29, 0.717) is 18.0 Å². The van der Waals surface area contributed by atoms with Crippen LogP contribution in [0.1, 0.15) is 48.0 Å². The first-order valence-corrected chi connectivity index (χ1v) is 8.64. The third-order valence-corrected chi connectivity index (χ3v) is 4.91. The summed E-state index contributed by atoms with van der Waals surface area (Å²) >= 11 is 1.64. The normalized spacial score (nSPS) is 14.9. The van der Waals surface area contributed by atoms with E-state index in [1.165, 1.54) is 25.0 Å². The lowest BCUT2D eigenvalue weighted by Gasteiger charge is -2.14. The van der Waals surface area contributed by atoms with E-state index in [4.69, 9.17) is 0 Å². The Hall–Kier alpha value is -2.48. The second kappa shape index (κ2) is 6.96. The van der Waals surface area contributed by atoms with E-state index in [0.717, 1.165) is 10.7 Å². The third kappa shape index (κ3) is 4.08. The van der Waals surface area contributed by atoms with Crippen LogP contribution >= 0.6 is 11.3 Å². The highest BCUT2D eigenvalue weighted by atomic mass is 32.1. The molecule has 1 fully saturated rings. The summed E-state index contributed by atoms with van der Waals surface area (Å²) in [6.45, 7) is 2.16. The summed E-state index contributed by atoms with van der Waals surface area (Å²) in [6, 6.07) is 5.60. The van der Waals surface area contributed by atoms with Crippen molar-refractivity contribution in [3.05, 3.63) is 56.0 Å². The van der Waals surface area contributed by atoms with Crippen molar-refractivity contribution in [3.63, 3.8) is 0 Å². The predicted molar refractivity (Wildman–Crippen MR) is 91.0 cm³/mol. The van der Waals surface area contributed by atoms with Crippen molar-refractivity contribution < 1.29 is 9.72 Å². The smallest absolute Gasteiger partial charge is 0.315 e. The van der Waals surface area contributed by atoms with Gasteiger partial charge >= 0.3 is 6.03 Å². The molecule has 1 aromatic carbocycles. The highest BCUT2D eigenvalue weighted by Gasteiger charge is 2.26. The van der Waals surface area contributed by atoms with Crippen molar-refractivity contribution in [2.45, 2.75) is 38.3 Å². The summed E-state index contributed by atoms with van der Waals surface area (Å²) in [4.78, 5) is 26.9. The zero-order valence-corrected chi connectivity index (χ0v) is 14.0. The van der Waals surface area contributed by atoms with Crippen molar-refractivity contribution >= 4 is 23.1 Å². The van der Waals surface area contributed by atoms with Gasteiger partial charge in [-0.25, -0.2) is 9.78 Å². The topological polar surface area (TPSA) is 97.2 Å². The molecule has 0 saturated heterocycles. The molecule has 8 heteroatoms. The van der Waals surface area contributed by atoms with Gasteiger partial charge in [-0.2, -0.15) is 0 Å². The van der Waals surface area contributed by atoms with Crippen molar-refractivity contribution in [2.24, 2.45) is 0 Å². The molecule has 126 valence electrons. The number of aromatic nitrogens is 1. The molecular formula is C16H18N4O3S. The van der Waals surface area contributed by atoms with Crippen LogP contribution < -0.4 is 10.6 Å². The standard InChI is InChI=1S/C16H18N4O3S/c1-10(12-3-2-4-14(7-12)20(22)23)18-16(21)17-8-13-9-24-15(19-13)11-5-6-11/h2-4,7,9-11H,5-6,8H2,1H3,(H2,17,18,21). The first-order valence-electron chi connectivity index (χ1n) is 7.76. The van der Waals surface area contributed by atoms with Gasteiger partial charge in [0, 0.05) is 23.4 Å². The van der Waals surface area contributed by atoms with Crippen molar-refractivity contribution in [3.8, 4) is 0 Å². The number of rotatable bonds is 6. The Kier molecular flexibility index (Phi) is 4.75. The van der Waals surface area contributed by atoms with Crippen LogP contribution in [0.5, 0.6) is 0 Å². The minimum atomic E-state index is -0.448. The van der Waals surface area contributed by atoms with Gasteiger partial charge in [0.15, 0.2) is 0 Å². The van der Waals surface area contributed by atoms with Crippen LogP contribution in [0.15, 0.2) is 29.6 Å². The Balaban J connectivity index is 1.51. The molecule has 1 aliphatic rings. The number of non-ortho nitro benzene ring substituents is 1. The molecule has 1 heterocycles. The number of amides is 2. The minimum absolute atomic E-state index is 0.0108. The average molecular weight is 346 g/mol. The monoisotopic (exact) mass is 346 g/mol. The van der Waals surface area contributed by atoms with E-state index in [-0.39, 0.29) is 17.8 Å². The van der Waals surface area contributed by atoms with Crippen LogP contribution in [-0.2, 0) is 6.54 Å². The van der Waals surface area contributed by atoms with E-state index < -0.39 is 4.92 Å². The Morgan fingerprint density at radius 2 is 2.29 bits per heavy atom. The number of carbonyl (C=O) groups excluding carboxylic acids is 1. The summed E-state index contributed by atoms with van der Waals surface area (Å²) in [5, 5.41) is 19.5. The molecule has 1 aromatic heterocycles. The first-order chi connectivity index (χ1) is 11.5. The fourth-order valence-electron chi connectivity index (χ4n) is 2.33. The summed E-state index contributed by atoms with van der Waals surface area (Å²) in [5.41, 5.74) is 1.56. The molecule has 0 aliphatic heterocycles. The van der Waals surface area contributed by atoms with Crippen LogP contribution in [-0.4, -0.2) is 15.9 Å². The summed E-state index contributed by atoms with van der Waals surface area (Å²) in [7, 11) is 0. The fraction of sp³-hybridized carbons (Fsp3) is 0.375. The molecule has 24 heavy (non-hydrogen) atoms. The minimum Gasteiger partial charge on any atom is -0.332 e. The summed E-state index contributed by atoms with van der Waals surface area (Å²) in [6.07, 6.45) is 2.42. The zero-order chi connectivity index (χ0) is 17.1. The second-order valence-corrected chi connectivity index (χ2v) is 6.74. The number of nitro groups is 1. The number of hydrogen-bond donors (Lipinski definition) is 2. The third-order valence-electron chi connectivity index (χ3n) is 3.85. The quantitative estimate of drug-likeness (QED) is 0.618. The van der Waals surface area contributed by atoms with Gasteiger partial charge < -0.3 is 10.6 Å². The molecule has 0 radical (unpaired) electrons. The van der Waals surface area contributed by atoms with Crippen LogP contribution in [0.4, 0.5) is 10.5 Å². The number of thiazole rings is 1. The van der Waals surface area contributed by atoms with E-state index in [1.807, 2.05) is 5.38 Å². The lowest BCUT2D eigenvalue weighted by atomic mass is 10.1. The average Bonchev–Trinajstić information content (AvgIpc) is 3.31. The summed E-state index contributed by atoms with van der Waals surface area (Å²) in [5.74, 6) is 0.617. The number of urea groups is 1. The van der Waals surface area contributed by atoms with Gasteiger partial charge in [0.05, 0.1) is 28.2 Å². The van der Waals surface area contributed by atoms with Crippen LogP contribution in [0.2, 0.25) is 0 Å². The Labute approximate surface area is 143 Å². The summed E-state index contributed by atoms with van der Waals surface area (Å²) < 4.78 is 0. The number of nitrogens with one attached hydrogen (secondary N) is 2. The molecule has 1 unspecified atom stereocenters. The van der Waals surface area contributed by atoms with Crippen molar-refractivity contribution in [1.29, 1.82) is 0 Å². The van der Waals surface area contributed by atoms with Gasteiger partial charge in [0.25, 0.3) is 5.69 Å². The van der Waals surface area contributed by atoms with Crippen LogP contribution in [0, 0.1) is 10.1 Å². The maximum atomic E-state index is 12.0. The van der Waals surface area contributed by atoms with Crippen LogP contribution in [0.25, 0.3) is 0 Å². The molecule has 2 N–H and O–H groups in total. The molecule has 0 spiro atoms. The molecule has 7 nitrogen and oxygen atoms in total. The van der Waals surface area contributed by atoms with Gasteiger partial charge in [-0.1, -0.05) is 12.1 Å². The first kappa shape index (κ1) is 16.4. The number of nitrogens with zero attached hydrogens (tertiary/aromatic N) is 2. The van der Waals surface area contributed by atoms with E-state index in [9.17, 15) is 14.9 Å². The molecule has 0 bridgehead atoms. The van der Waals surface area contributed by atoms with Gasteiger partial charge in [-0.05, 0) is 25.3 Å². The number of carbonyl (C=O) groups is 1. The molecule has 3 rings (SSSR count). The van der Waals surface area contributed by atoms with Crippen molar-refractivity contribution in [1.82, 2.24) is 15.6 Å². The Bertz CT molecular complexity index is 757. The van der Waals surface area contributed by atoms with Crippen LogP contribution in [0.3, 0.4) is 0 Å². The second-order valence-electron chi connectivity index (χ2n) is 5.85. The largest absolute Gasteiger partial charge is 0.332 e. The number of benzene rings is 1. The molecule has 1 atom stereocenters. The molecule has 2 amide bonds. The molecule has 1 saturated carbocycles. The van der Waals surface area contributed by atoms with Gasteiger partial charge in [-0.3, -0.25) is 10.1 Å². The van der Waals surface area contributed by atoms with Crippen molar-refractivity contribution in [2.75, 3.05) is 0 Å². The Morgan fingerprint density at radius 3 is 3.00 bits per heavy atom. The number of hydrogen-bond acceptors (Lipinski definition) is 5. The van der Waals surface area contributed by atoms with E-state index in [2.05, 4.69) is 15.6 Å². The number of nitro benzene ring substituents is 1. The lowest BCUT2D eigenvalue weighted by Crippen LogP contribution is -2.36. The predicted octanol–water partition coefficient (Wildman–Crippen LogP) is 3.49. The zero-order valence-electron chi connectivity index (χ0n) is 13.2. The molecule has 2 aromatic rings. The molecule has 1 aliphatic carbocycles. The Morgan fingerprint density at radius 1 is 1.50 bits per heavy atom. The van der Waals surface area contributed by atoms with E-state index >= 15 is 0 Å². The van der Waals surface area contributed by atoms with Gasteiger partial charge in [-0.15, -0.1) is 11.3 Å². The van der Waals surface area contributed by atoms with Gasteiger partial charge in [0.1, 0.15) is 0 Å². The maximum Gasteiger partial charge on any atom is 0.315 e. The highest BCUT2D eigenvalue weighted by Crippen LogP contribution is 2.41. The highest BCUT2D eigenvalue weighted by molar-refractivity contribution is 7.09. The lowest BCUT2D eigenvalue weighted by molar-refractivity contribution is -0.384. The fourth-order valence-corrected chi connectivity index (χ4v) is 3.32. The van der Waals surface area contributed by atoms with Gasteiger partial charge in [0.2, 0.25) is 0 Å². The molecular weight excluding hydrogens is 328 g/mol. The van der Waals surface area contributed by atoms with E-state index in [1.54, 1.807) is 30.4 Å². The SMILES string of the molecule is CC(NC(=O)NCc1csc(C2CC2)n1)c1cccc([N+](=O)[O-])c1.